The van der Waals surface area contributed by atoms with E-state index in [-0.39, 0.29) is 25.7 Å². The number of rotatable bonds is 67. The Kier molecular flexibility index (Phi) is 58.5. The molecular weight excluding hydrogens is 1170 g/mol. The fourth-order valence-electron chi connectivity index (χ4n) is 10.5. The molecule has 0 fully saturated rings. The molecular formula is C70H136O17P2. The molecule has 0 heterocycles. The van der Waals surface area contributed by atoms with Crippen LogP contribution in [0.1, 0.15) is 344 Å². The van der Waals surface area contributed by atoms with Gasteiger partial charge in [-0.2, -0.15) is 0 Å². The van der Waals surface area contributed by atoms with Crippen molar-refractivity contribution in [1.82, 2.24) is 0 Å². The Labute approximate surface area is 543 Å². The molecule has 528 valence electrons. The van der Waals surface area contributed by atoms with Gasteiger partial charge in [-0.15, -0.1) is 0 Å². The first-order chi connectivity index (χ1) is 42.6. The number of hydrogen-bond acceptors (Lipinski definition) is 15. The molecule has 3 N–H and O–H groups in total. The van der Waals surface area contributed by atoms with Crippen LogP contribution in [0.5, 0.6) is 0 Å². The van der Waals surface area contributed by atoms with Gasteiger partial charge in [-0.1, -0.05) is 293 Å². The van der Waals surface area contributed by atoms with E-state index in [1.54, 1.807) is 0 Å². The molecule has 0 aromatic carbocycles. The van der Waals surface area contributed by atoms with Gasteiger partial charge in [0.1, 0.15) is 19.3 Å². The van der Waals surface area contributed by atoms with E-state index in [0.29, 0.717) is 31.6 Å². The molecule has 0 radical (unpaired) electrons. The number of ether oxygens (including phenoxy) is 4. The summed E-state index contributed by atoms with van der Waals surface area (Å²) < 4.78 is 68.2. The van der Waals surface area contributed by atoms with E-state index in [4.69, 9.17) is 37.0 Å². The van der Waals surface area contributed by atoms with Crippen LogP contribution in [0.2, 0.25) is 0 Å². The van der Waals surface area contributed by atoms with Crippen molar-refractivity contribution in [3.8, 4) is 0 Å². The van der Waals surface area contributed by atoms with Crippen molar-refractivity contribution in [3.05, 3.63) is 0 Å². The molecule has 0 aliphatic carbocycles. The van der Waals surface area contributed by atoms with Gasteiger partial charge in [-0.05, 0) is 49.4 Å². The van der Waals surface area contributed by atoms with Crippen LogP contribution in [0, 0.1) is 23.7 Å². The summed E-state index contributed by atoms with van der Waals surface area (Å²) in [4.78, 5) is 72.5. The number of carbonyl (C=O) groups excluding carboxylic acids is 4. The van der Waals surface area contributed by atoms with Crippen LogP contribution in [0.3, 0.4) is 0 Å². The predicted octanol–water partition coefficient (Wildman–Crippen LogP) is 19.7. The van der Waals surface area contributed by atoms with E-state index in [9.17, 15) is 43.2 Å². The maximum absolute atomic E-state index is 13.0. The van der Waals surface area contributed by atoms with Gasteiger partial charge in [-0.3, -0.25) is 37.3 Å². The van der Waals surface area contributed by atoms with Crippen molar-refractivity contribution >= 4 is 39.5 Å². The Hall–Kier alpha value is -1.94. The number of unbranched alkanes of at least 4 members (excludes halogenated alkanes) is 32. The summed E-state index contributed by atoms with van der Waals surface area (Å²) in [6.07, 6.45) is 41.9. The summed E-state index contributed by atoms with van der Waals surface area (Å²) >= 11 is 0. The van der Waals surface area contributed by atoms with E-state index in [2.05, 4.69) is 55.4 Å². The summed E-state index contributed by atoms with van der Waals surface area (Å²) in [6, 6.07) is 0. The third kappa shape index (κ3) is 63.2. The number of phosphoric acid groups is 2. The Morgan fingerprint density at radius 3 is 0.798 bits per heavy atom. The molecule has 0 aliphatic heterocycles. The molecule has 0 aromatic heterocycles. The van der Waals surface area contributed by atoms with Crippen molar-refractivity contribution in [2.75, 3.05) is 39.6 Å². The number of aliphatic hydroxyl groups excluding tert-OH is 1. The van der Waals surface area contributed by atoms with Gasteiger partial charge in [0, 0.05) is 25.7 Å². The average molecular weight is 1310 g/mol. The van der Waals surface area contributed by atoms with Gasteiger partial charge >= 0.3 is 39.5 Å². The highest BCUT2D eigenvalue weighted by Gasteiger charge is 2.30. The number of phosphoric ester groups is 2. The zero-order chi connectivity index (χ0) is 66.1. The van der Waals surface area contributed by atoms with E-state index < -0.39 is 97.5 Å². The molecule has 3 unspecified atom stereocenters. The Morgan fingerprint density at radius 1 is 0.315 bits per heavy atom. The van der Waals surface area contributed by atoms with Crippen molar-refractivity contribution < 1.29 is 80.2 Å². The summed E-state index contributed by atoms with van der Waals surface area (Å²) in [6.45, 7) is 14.0. The minimum atomic E-state index is -4.95. The maximum Gasteiger partial charge on any atom is 0.472 e. The second-order valence-electron chi connectivity index (χ2n) is 26.9. The van der Waals surface area contributed by atoms with Crippen molar-refractivity contribution in [1.29, 1.82) is 0 Å². The summed E-state index contributed by atoms with van der Waals surface area (Å²) in [5.41, 5.74) is 0. The molecule has 0 rings (SSSR count). The fourth-order valence-corrected chi connectivity index (χ4v) is 12.0. The SMILES string of the molecule is CCC(C)CCCCCCCCCCCCCCCCC(=O)O[C@H](COC(=O)CCCCCCCCC(C)C)COP(=O)(O)OC[C@H](O)COP(=O)(O)OC[C@@H](COC(=O)CCCCCCCCCCC(C)C)OC(=O)CCCCCCCCCCC(C)C. The van der Waals surface area contributed by atoms with Crippen LogP contribution >= 0.6 is 15.6 Å². The first-order valence-corrected chi connectivity index (χ1v) is 39.2. The highest BCUT2D eigenvalue weighted by Crippen LogP contribution is 2.45. The van der Waals surface area contributed by atoms with E-state index in [0.717, 1.165) is 114 Å². The number of aliphatic hydroxyl groups is 1. The minimum absolute atomic E-state index is 0.103. The number of hydrogen-bond donors (Lipinski definition) is 3. The lowest BCUT2D eigenvalue weighted by Crippen LogP contribution is -2.30. The maximum atomic E-state index is 13.0. The van der Waals surface area contributed by atoms with Gasteiger partial charge in [0.15, 0.2) is 12.2 Å². The molecule has 89 heavy (non-hydrogen) atoms. The zero-order valence-electron chi connectivity index (χ0n) is 58.1. The van der Waals surface area contributed by atoms with Crippen LogP contribution < -0.4 is 0 Å². The smallest absolute Gasteiger partial charge is 0.462 e. The molecule has 6 atom stereocenters. The lowest BCUT2D eigenvalue weighted by atomic mass is 9.99. The van der Waals surface area contributed by atoms with Crippen molar-refractivity contribution in [2.45, 2.75) is 363 Å². The van der Waals surface area contributed by atoms with Gasteiger partial charge in [-0.25, -0.2) is 9.13 Å². The van der Waals surface area contributed by atoms with Gasteiger partial charge in [0.25, 0.3) is 0 Å². The molecule has 0 aromatic rings. The summed E-state index contributed by atoms with van der Waals surface area (Å²) in [5.74, 6) is 0.837. The lowest BCUT2D eigenvalue weighted by Gasteiger charge is -2.21. The average Bonchev–Trinajstić information content (AvgIpc) is 3.57. The standard InChI is InChI=1S/C70H136O17P2/c1-9-63(8)49-41-33-24-16-14-12-10-11-13-15-17-26-36-44-52-69(74)86-66(57-81-68(73)51-43-35-29-28-32-40-48-62(6)7)59-85-89(78,79)83-55-64(71)54-82-88(76,77)84-58-65(87-70(75)53-45-37-27-21-19-23-31-39-47-61(4)5)56-80-67(72)50-42-34-25-20-18-22-30-38-46-60(2)3/h60-66,71H,9-59H2,1-8H3,(H,76,77)(H,78,79)/t63?,64-,65-,66-/m1/s1. The Balaban J connectivity index is 5.21. The molecule has 0 amide bonds. The van der Waals surface area contributed by atoms with Crippen LogP contribution in [0.4, 0.5) is 0 Å². The topological polar surface area (TPSA) is 237 Å². The Morgan fingerprint density at radius 2 is 0.539 bits per heavy atom. The molecule has 0 spiro atoms. The van der Waals surface area contributed by atoms with Crippen LogP contribution in [0.25, 0.3) is 0 Å². The highest BCUT2D eigenvalue weighted by molar-refractivity contribution is 7.47. The van der Waals surface area contributed by atoms with Crippen molar-refractivity contribution in [2.24, 2.45) is 23.7 Å². The molecule has 19 heteroatoms. The van der Waals surface area contributed by atoms with Gasteiger partial charge < -0.3 is 33.8 Å². The third-order valence-electron chi connectivity index (χ3n) is 16.4. The van der Waals surface area contributed by atoms with Crippen molar-refractivity contribution in [3.63, 3.8) is 0 Å². The second kappa shape index (κ2) is 59.8. The number of carbonyl (C=O) groups is 4. The van der Waals surface area contributed by atoms with Crippen LogP contribution in [0.15, 0.2) is 0 Å². The zero-order valence-corrected chi connectivity index (χ0v) is 59.8. The summed E-state index contributed by atoms with van der Waals surface area (Å²) in [7, 11) is -9.90. The second-order valence-corrected chi connectivity index (χ2v) is 29.8. The fraction of sp³-hybridized carbons (Fsp3) is 0.943. The van der Waals surface area contributed by atoms with E-state index >= 15 is 0 Å². The first kappa shape index (κ1) is 87.1. The summed E-state index contributed by atoms with van der Waals surface area (Å²) in [5, 5.41) is 10.6. The van der Waals surface area contributed by atoms with Crippen LogP contribution in [-0.2, 0) is 65.4 Å². The highest BCUT2D eigenvalue weighted by atomic mass is 31.2. The normalized spacial score (nSPS) is 14.6. The lowest BCUT2D eigenvalue weighted by molar-refractivity contribution is -0.161. The number of esters is 4. The molecule has 0 saturated carbocycles. The molecule has 0 aliphatic rings. The Bertz CT molecular complexity index is 1770. The molecule has 0 saturated heterocycles. The first-order valence-electron chi connectivity index (χ1n) is 36.2. The predicted molar refractivity (Wildman–Crippen MR) is 358 cm³/mol. The van der Waals surface area contributed by atoms with E-state index in [1.165, 1.54) is 141 Å². The third-order valence-corrected chi connectivity index (χ3v) is 18.3. The van der Waals surface area contributed by atoms with Crippen LogP contribution in [-0.4, -0.2) is 96.7 Å². The van der Waals surface area contributed by atoms with E-state index in [1.807, 2.05) is 0 Å². The largest absolute Gasteiger partial charge is 0.472 e. The molecule has 0 bridgehead atoms. The minimum Gasteiger partial charge on any atom is -0.462 e. The van der Waals surface area contributed by atoms with Gasteiger partial charge in [0.2, 0.25) is 0 Å². The monoisotopic (exact) mass is 1310 g/mol. The molecule has 17 nitrogen and oxygen atoms in total. The van der Waals surface area contributed by atoms with Gasteiger partial charge in [0.05, 0.1) is 26.4 Å². The quantitative estimate of drug-likeness (QED) is 0.0222.